The molecule has 2 fully saturated rings. The number of rotatable bonds is 4. The SMILES string of the molecule is C=C(C(=O)N1CCN(C(=O)c2ccccc2)C[C@H]1C)c1ccc(C2CCCCCC2)cc1. The number of hydrogen-bond acceptors (Lipinski definition) is 2. The molecular formula is C28H34N2O2. The van der Waals surface area contributed by atoms with Gasteiger partial charge in [-0.15, -0.1) is 0 Å². The molecule has 1 aliphatic carbocycles. The summed E-state index contributed by atoms with van der Waals surface area (Å²) < 4.78 is 0. The van der Waals surface area contributed by atoms with Crippen LogP contribution in [0.5, 0.6) is 0 Å². The van der Waals surface area contributed by atoms with Gasteiger partial charge in [0.15, 0.2) is 0 Å². The Morgan fingerprint density at radius 3 is 2.12 bits per heavy atom. The fraction of sp³-hybridized carbons (Fsp3) is 0.429. The van der Waals surface area contributed by atoms with E-state index in [4.69, 9.17) is 0 Å². The molecule has 1 atom stereocenters. The van der Waals surface area contributed by atoms with Crippen LogP contribution in [-0.2, 0) is 4.79 Å². The maximum atomic E-state index is 13.2. The molecule has 4 nitrogen and oxygen atoms in total. The Kier molecular flexibility index (Phi) is 7.09. The van der Waals surface area contributed by atoms with Crippen molar-refractivity contribution in [2.24, 2.45) is 0 Å². The molecule has 4 rings (SSSR count). The van der Waals surface area contributed by atoms with Crippen LogP contribution in [0.4, 0.5) is 0 Å². The zero-order chi connectivity index (χ0) is 22.5. The van der Waals surface area contributed by atoms with Crippen molar-refractivity contribution in [3.63, 3.8) is 0 Å². The van der Waals surface area contributed by atoms with E-state index in [-0.39, 0.29) is 17.9 Å². The Morgan fingerprint density at radius 1 is 0.844 bits per heavy atom. The van der Waals surface area contributed by atoms with Crippen molar-refractivity contribution in [1.29, 1.82) is 0 Å². The topological polar surface area (TPSA) is 40.6 Å². The predicted molar refractivity (Wildman–Crippen MR) is 129 cm³/mol. The highest BCUT2D eigenvalue weighted by Gasteiger charge is 2.31. The van der Waals surface area contributed by atoms with Gasteiger partial charge in [0.2, 0.25) is 0 Å². The van der Waals surface area contributed by atoms with Crippen LogP contribution in [0.3, 0.4) is 0 Å². The van der Waals surface area contributed by atoms with Gasteiger partial charge in [-0.05, 0) is 48.9 Å². The molecule has 0 spiro atoms. The van der Waals surface area contributed by atoms with Crippen molar-refractivity contribution >= 4 is 17.4 Å². The van der Waals surface area contributed by atoms with Gasteiger partial charge in [-0.2, -0.15) is 0 Å². The van der Waals surface area contributed by atoms with E-state index in [1.165, 1.54) is 44.1 Å². The fourth-order valence-electron chi connectivity index (χ4n) is 5.07. The van der Waals surface area contributed by atoms with Gasteiger partial charge in [-0.25, -0.2) is 0 Å². The standard InChI is InChI=1S/C28H34N2O2/c1-21-20-29(28(32)26-12-8-5-9-13-26)18-19-30(21)27(31)22(2)23-14-16-25(17-15-23)24-10-6-3-4-7-11-24/h5,8-9,12-17,21,24H,2-4,6-7,10-11,18-20H2,1H3/t21-/m1/s1. The van der Waals surface area contributed by atoms with Crippen LogP contribution >= 0.6 is 0 Å². The zero-order valence-electron chi connectivity index (χ0n) is 19.1. The van der Waals surface area contributed by atoms with Crippen LogP contribution in [0, 0.1) is 0 Å². The Bertz CT molecular complexity index is 943. The third-order valence-electron chi connectivity index (χ3n) is 7.04. The lowest BCUT2D eigenvalue weighted by atomic mass is 9.90. The van der Waals surface area contributed by atoms with Crippen molar-refractivity contribution in [2.45, 2.75) is 57.4 Å². The first-order chi connectivity index (χ1) is 15.5. The van der Waals surface area contributed by atoms with Gasteiger partial charge in [-0.1, -0.05) is 74.7 Å². The second kappa shape index (κ2) is 10.2. The third kappa shape index (κ3) is 4.95. The first-order valence-corrected chi connectivity index (χ1v) is 12.0. The third-order valence-corrected chi connectivity index (χ3v) is 7.04. The Morgan fingerprint density at radius 2 is 1.50 bits per heavy atom. The maximum Gasteiger partial charge on any atom is 0.254 e. The average Bonchev–Trinajstić information content (AvgIpc) is 3.13. The summed E-state index contributed by atoms with van der Waals surface area (Å²) in [7, 11) is 0. The maximum absolute atomic E-state index is 13.2. The van der Waals surface area contributed by atoms with Crippen molar-refractivity contribution in [3.8, 4) is 0 Å². The second-order valence-corrected chi connectivity index (χ2v) is 9.25. The number of nitrogens with zero attached hydrogens (tertiary/aromatic N) is 2. The van der Waals surface area contributed by atoms with Crippen molar-refractivity contribution in [2.75, 3.05) is 19.6 Å². The molecule has 0 bridgehead atoms. The Hall–Kier alpha value is -2.88. The summed E-state index contributed by atoms with van der Waals surface area (Å²) in [5, 5.41) is 0. The number of hydrogen-bond donors (Lipinski definition) is 0. The summed E-state index contributed by atoms with van der Waals surface area (Å²) in [6.45, 7) is 7.73. The smallest absolute Gasteiger partial charge is 0.254 e. The lowest BCUT2D eigenvalue weighted by molar-refractivity contribution is -0.128. The minimum Gasteiger partial charge on any atom is -0.335 e. The molecule has 168 valence electrons. The molecule has 2 aromatic rings. The van der Waals surface area contributed by atoms with Crippen LogP contribution in [0.15, 0.2) is 61.2 Å². The second-order valence-electron chi connectivity index (χ2n) is 9.25. The summed E-state index contributed by atoms with van der Waals surface area (Å²) in [4.78, 5) is 29.7. The highest BCUT2D eigenvalue weighted by Crippen LogP contribution is 2.32. The molecule has 0 aromatic heterocycles. The Balaban J connectivity index is 1.37. The zero-order valence-corrected chi connectivity index (χ0v) is 19.1. The van der Waals surface area contributed by atoms with Crippen LogP contribution in [0.25, 0.3) is 5.57 Å². The summed E-state index contributed by atoms with van der Waals surface area (Å²) in [6, 6.07) is 17.8. The summed E-state index contributed by atoms with van der Waals surface area (Å²) >= 11 is 0. The molecular weight excluding hydrogens is 396 g/mol. The molecule has 2 aromatic carbocycles. The van der Waals surface area contributed by atoms with E-state index >= 15 is 0 Å². The summed E-state index contributed by atoms with van der Waals surface area (Å²) in [5.74, 6) is 0.634. The lowest BCUT2D eigenvalue weighted by Gasteiger charge is -2.40. The van der Waals surface area contributed by atoms with Gasteiger partial charge in [0.05, 0.1) is 0 Å². The molecule has 1 saturated heterocycles. The molecule has 0 radical (unpaired) electrons. The summed E-state index contributed by atoms with van der Waals surface area (Å²) in [6.07, 6.45) is 7.86. The quantitative estimate of drug-likeness (QED) is 0.474. The van der Waals surface area contributed by atoms with E-state index in [2.05, 4.69) is 30.8 Å². The molecule has 1 saturated carbocycles. The molecule has 0 N–H and O–H groups in total. The van der Waals surface area contributed by atoms with E-state index in [0.717, 1.165) is 5.56 Å². The number of amides is 2. The van der Waals surface area contributed by atoms with Gasteiger partial charge in [-0.3, -0.25) is 9.59 Å². The highest BCUT2D eigenvalue weighted by molar-refractivity contribution is 6.18. The van der Waals surface area contributed by atoms with E-state index in [1.807, 2.05) is 47.1 Å². The number of carbonyl (C=O) groups is 2. The van der Waals surface area contributed by atoms with E-state index < -0.39 is 0 Å². The molecule has 4 heteroatoms. The molecule has 2 amide bonds. The van der Waals surface area contributed by atoms with Gasteiger partial charge in [0, 0.05) is 36.8 Å². The van der Waals surface area contributed by atoms with Gasteiger partial charge >= 0.3 is 0 Å². The van der Waals surface area contributed by atoms with Crippen LogP contribution in [0.1, 0.15) is 72.9 Å². The first kappa shape index (κ1) is 22.3. The minimum absolute atomic E-state index is 0.0254. The van der Waals surface area contributed by atoms with Crippen molar-refractivity contribution in [1.82, 2.24) is 9.80 Å². The first-order valence-electron chi connectivity index (χ1n) is 12.0. The van der Waals surface area contributed by atoms with Crippen LogP contribution in [0.2, 0.25) is 0 Å². The molecule has 1 heterocycles. The van der Waals surface area contributed by atoms with E-state index in [1.54, 1.807) is 0 Å². The molecule has 0 unspecified atom stereocenters. The monoisotopic (exact) mass is 430 g/mol. The fourth-order valence-corrected chi connectivity index (χ4v) is 5.07. The number of carbonyl (C=O) groups excluding carboxylic acids is 2. The summed E-state index contributed by atoms with van der Waals surface area (Å²) in [5.41, 5.74) is 3.50. The lowest BCUT2D eigenvalue weighted by Crippen LogP contribution is -2.55. The molecule has 2 aliphatic rings. The van der Waals surface area contributed by atoms with Crippen molar-refractivity contribution in [3.05, 3.63) is 77.9 Å². The predicted octanol–water partition coefficient (Wildman–Crippen LogP) is 5.51. The highest BCUT2D eigenvalue weighted by atomic mass is 16.2. The van der Waals surface area contributed by atoms with Gasteiger partial charge < -0.3 is 9.80 Å². The number of benzene rings is 2. The normalized spacial score (nSPS) is 20.0. The largest absolute Gasteiger partial charge is 0.335 e. The van der Waals surface area contributed by atoms with E-state index in [0.29, 0.717) is 36.7 Å². The molecule has 32 heavy (non-hydrogen) atoms. The Labute approximate surface area is 191 Å². The van der Waals surface area contributed by atoms with Crippen LogP contribution < -0.4 is 0 Å². The van der Waals surface area contributed by atoms with Crippen LogP contribution in [-0.4, -0.2) is 47.3 Å². The van der Waals surface area contributed by atoms with Gasteiger partial charge in [0.25, 0.3) is 11.8 Å². The van der Waals surface area contributed by atoms with Crippen molar-refractivity contribution < 1.29 is 9.59 Å². The van der Waals surface area contributed by atoms with Gasteiger partial charge in [0.1, 0.15) is 0 Å². The number of piperazine rings is 1. The minimum atomic E-state index is -0.0501. The molecule has 1 aliphatic heterocycles. The van der Waals surface area contributed by atoms with E-state index in [9.17, 15) is 9.59 Å². The average molecular weight is 431 g/mol.